The Kier molecular flexibility index (Phi) is 2.01. The van der Waals surface area contributed by atoms with Gasteiger partial charge in [-0.1, -0.05) is 35.5 Å². The van der Waals surface area contributed by atoms with Gasteiger partial charge in [-0.25, -0.2) is 0 Å². The molecule has 4 heteroatoms. The number of amides is 1. The maximum Gasteiger partial charge on any atom is 0.210 e. The lowest BCUT2D eigenvalue weighted by Gasteiger charge is -2.30. The molecular weight excluding hydrogens is 228 g/mol. The molecule has 1 aliphatic carbocycles. The average molecular weight is 242 g/mol. The summed E-state index contributed by atoms with van der Waals surface area (Å²) in [5, 5.41) is 4.27. The highest BCUT2D eigenvalue weighted by Crippen LogP contribution is 2.47. The van der Waals surface area contributed by atoms with Gasteiger partial charge in [-0.2, -0.15) is 0 Å². The van der Waals surface area contributed by atoms with Crippen LogP contribution in [0.2, 0.25) is 0 Å². The summed E-state index contributed by atoms with van der Waals surface area (Å²) < 4.78 is 0. The van der Waals surface area contributed by atoms with Crippen molar-refractivity contribution in [1.82, 2.24) is 4.90 Å². The predicted molar refractivity (Wildman–Crippen MR) is 66.0 cm³/mol. The van der Waals surface area contributed by atoms with Crippen LogP contribution in [-0.4, -0.2) is 35.7 Å². The Labute approximate surface area is 105 Å². The summed E-state index contributed by atoms with van der Waals surface area (Å²) in [6.45, 7) is 0.852. The van der Waals surface area contributed by atoms with E-state index in [9.17, 15) is 4.79 Å². The highest BCUT2D eigenvalue weighted by Gasteiger charge is 2.57. The van der Waals surface area contributed by atoms with Gasteiger partial charge in [0.05, 0.1) is 17.7 Å². The van der Waals surface area contributed by atoms with Crippen molar-refractivity contribution in [2.45, 2.75) is 18.6 Å². The van der Waals surface area contributed by atoms with Crippen LogP contribution in [0.1, 0.15) is 12.0 Å². The fraction of sp³-hybridized carbons (Fsp3) is 0.429. The van der Waals surface area contributed by atoms with Gasteiger partial charge in [0.25, 0.3) is 0 Å². The van der Waals surface area contributed by atoms with E-state index in [4.69, 9.17) is 4.84 Å². The summed E-state index contributed by atoms with van der Waals surface area (Å²) in [4.78, 5) is 18.4. The lowest BCUT2D eigenvalue weighted by atomic mass is 9.85. The largest absolute Gasteiger partial charge is 0.389 e. The highest BCUT2D eigenvalue weighted by molar-refractivity contribution is 6.03. The van der Waals surface area contributed by atoms with Crippen molar-refractivity contribution in [3.05, 3.63) is 35.9 Å². The number of carbonyl (C=O) groups is 1. The number of piperidine rings is 1. The van der Waals surface area contributed by atoms with Crippen molar-refractivity contribution in [3.8, 4) is 0 Å². The molecule has 4 atom stereocenters. The molecule has 0 aromatic heterocycles. The number of nitrogens with zero attached hydrogens (tertiary/aromatic N) is 2. The first kappa shape index (κ1) is 10.1. The quantitative estimate of drug-likeness (QED) is 0.733. The zero-order valence-corrected chi connectivity index (χ0v) is 9.90. The molecule has 0 spiro atoms. The summed E-state index contributed by atoms with van der Waals surface area (Å²) >= 11 is 0. The molecule has 1 saturated carbocycles. The van der Waals surface area contributed by atoms with Crippen LogP contribution in [0.25, 0.3) is 0 Å². The van der Waals surface area contributed by atoms with Crippen LogP contribution in [0.15, 0.2) is 35.5 Å². The lowest BCUT2D eigenvalue weighted by molar-refractivity contribution is -0.123. The van der Waals surface area contributed by atoms with Gasteiger partial charge in [-0.15, -0.1) is 0 Å². The van der Waals surface area contributed by atoms with E-state index in [1.165, 1.54) is 0 Å². The normalized spacial score (nSPS) is 36.2. The van der Waals surface area contributed by atoms with Gasteiger partial charge in [0.1, 0.15) is 0 Å². The Bertz CT molecular complexity index is 514. The molecule has 4 unspecified atom stereocenters. The molecule has 0 N–H and O–H groups in total. The van der Waals surface area contributed by atoms with Gasteiger partial charge < -0.3 is 9.74 Å². The number of carbonyl (C=O) groups excluding carboxylic acids is 1. The smallest absolute Gasteiger partial charge is 0.210 e. The zero-order chi connectivity index (χ0) is 12.1. The predicted octanol–water partition coefficient (Wildman–Crippen LogP) is 1.27. The SMILES string of the molecule is O=CN1CC2CC1C1ON=C(c3ccccc3)C21. The van der Waals surface area contributed by atoms with Crippen LogP contribution in [0.3, 0.4) is 0 Å². The number of fused-ring (bicyclic) bond motifs is 5. The molecule has 2 aliphatic heterocycles. The Hall–Kier alpha value is -1.84. The van der Waals surface area contributed by atoms with Crippen LogP contribution in [0.4, 0.5) is 0 Å². The summed E-state index contributed by atoms with van der Waals surface area (Å²) in [6.07, 6.45) is 2.08. The molecule has 2 bridgehead atoms. The fourth-order valence-corrected chi connectivity index (χ4v) is 3.69. The van der Waals surface area contributed by atoms with Crippen molar-refractivity contribution in [2.24, 2.45) is 17.0 Å². The first-order valence-corrected chi connectivity index (χ1v) is 6.38. The number of hydrogen-bond acceptors (Lipinski definition) is 3. The minimum Gasteiger partial charge on any atom is -0.389 e. The molecule has 1 saturated heterocycles. The molecule has 4 rings (SSSR count). The Morgan fingerprint density at radius 3 is 2.94 bits per heavy atom. The summed E-state index contributed by atoms with van der Waals surface area (Å²) in [5.74, 6) is 0.875. The zero-order valence-electron chi connectivity index (χ0n) is 9.90. The van der Waals surface area contributed by atoms with Crippen molar-refractivity contribution in [1.29, 1.82) is 0 Å². The second-order valence-corrected chi connectivity index (χ2v) is 5.30. The second kappa shape index (κ2) is 3.57. The molecule has 92 valence electrons. The monoisotopic (exact) mass is 242 g/mol. The van der Waals surface area contributed by atoms with E-state index in [0.29, 0.717) is 11.8 Å². The molecule has 3 aliphatic rings. The van der Waals surface area contributed by atoms with E-state index in [-0.39, 0.29) is 12.1 Å². The first-order chi connectivity index (χ1) is 8.88. The van der Waals surface area contributed by atoms with Crippen molar-refractivity contribution >= 4 is 12.1 Å². The third-order valence-electron chi connectivity index (χ3n) is 4.45. The van der Waals surface area contributed by atoms with Crippen LogP contribution in [0, 0.1) is 11.8 Å². The van der Waals surface area contributed by atoms with Crippen LogP contribution >= 0.6 is 0 Å². The van der Waals surface area contributed by atoms with Crippen molar-refractivity contribution in [2.75, 3.05) is 6.54 Å². The van der Waals surface area contributed by atoms with Gasteiger partial charge >= 0.3 is 0 Å². The Morgan fingerprint density at radius 1 is 1.33 bits per heavy atom. The molecule has 2 heterocycles. The number of benzene rings is 1. The van der Waals surface area contributed by atoms with Crippen LogP contribution in [-0.2, 0) is 9.63 Å². The Morgan fingerprint density at radius 2 is 2.17 bits per heavy atom. The topological polar surface area (TPSA) is 41.9 Å². The Balaban J connectivity index is 1.66. The minimum atomic E-state index is 0.0733. The number of hydrogen-bond donors (Lipinski definition) is 0. The summed E-state index contributed by atoms with van der Waals surface area (Å²) in [6, 6.07) is 10.4. The maximum atomic E-state index is 11.0. The van der Waals surface area contributed by atoms with Gasteiger partial charge in [-0.05, 0) is 17.9 Å². The van der Waals surface area contributed by atoms with E-state index in [1.54, 1.807) is 0 Å². The molecule has 0 radical (unpaired) electrons. The first-order valence-electron chi connectivity index (χ1n) is 6.38. The van der Waals surface area contributed by atoms with Crippen LogP contribution in [0.5, 0.6) is 0 Å². The molecule has 18 heavy (non-hydrogen) atoms. The van der Waals surface area contributed by atoms with E-state index < -0.39 is 0 Å². The van der Waals surface area contributed by atoms with Gasteiger partial charge in [0.2, 0.25) is 6.41 Å². The number of rotatable bonds is 2. The fourth-order valence-electron chi connectivity index (χ4n) is 3.69. The summed E-state index contributed by atoms with van der Waals surface area (Å²) in [7, 11) is 0. The molecular formula is C14H14N2O2. The molecule has 1 aromatic carbocycles. The highest BCUT2D eigenvalue weighted by atomic mass is 16.6. The van der Waals surface area contributed by atoms with Crippen molar-refractivity contribution in [3.63, 3.8) is 0 Å². The second-order valence-electron chi connectivity index (χ2n) is 5.30. The van der Waals surface area contributed by atoms with Crippen LogP contribution < -0.4 is 0 Å². The van der Waals surface area contributed by atoms with E-state index in [1.807, 2.05) is 23.1 Å². The van der Waals surface area contributed by atoms with E-state index in [2.05, 4.69) is 17.3 Å². The molecule has 1 aromatic rings. The minimum absolute atomic E-state index is 0.0733. The van der Waals surface area contributed by atoms with Gasteiger partial charge in [0.15, 0.2) is 6.10 Å². The van der Waals surface area contributed by atoms with E-state index >= 15 is 0 Å². The standard InChI is InChI=1S/C14H14N2O2/c17-8-16-7-10-6-11(16)14-12(10)13(15-18-14)9-4-2-1-3-5-9/h1-5,8,10-12,14H,6-7H2. The molecule has 2 fully saturated rings. The van der Waals surface area contributed by atoms with Gasteiger partial charge in [-0.3, -0.25) is 4.79 Å². The molecule has 1 amide bonds. The third kappa shape index (κ3) is 1.20. The number of likely N-dealkylation sites (tertiary alicyclic amines) is 1. The van der Waals surface area contributed by atoms with Gasteiger partial charge in [0, 0.05) is 6.54 Å². The van der Waals surface area contributed by atoms with E-state index in [0.717, 1.165) is 30.7 Å². The average Bonchev–Trinajstić information content (AvgIpc) is 3.10. The maximum absolute atomic E-state index is 11.0. The molecule has 4 nitrogen and oxygen atoms in total. The third-order valence-corrected chi connectivity index (χ3v) is 4.45. The summed E-state index contributed by atoms with van der Waals surface area (Å²) in [5.41, 5.74) is 2.22. The van der Waals surface area contributed by atoms with Crippen molar-refractivity contribution < 1.29 is 9.63 Å². The lowest BCUT2D eigenvalue weighted by Crippen LogP contribution is -2.45. The number of oxime groups is 1.